The number of hydrogen-bond donors (Lipinski definition) is 1. The Kier molecular flexibility index (Phi) is 5.49. The number of carbonyl (C=O) groups excluding carboxylic acids is 2. The highest BCUT2D eigenvalue weighted by molar-refractivity contribution is 14.1. The number of nitrogens with zero attached hydrogens (tertiary/aromatic N) is 4. The predicted molar refractivity (Wildman–Crippen MR) is 146 cm³/mol. The average molecular weight is 628 g/mol. The zero-order valence-corrected chi connectivity index (χ0v) is 23.1. The minimum absolute atomic E-state index is 0.0172. The molecule has 10 nitrogen and oxygen atoms in total. The molecule has 38 heavy (non-hydrogen) atoms. The molecule has 1 N–H and O–H groups in total. The number of ether oxygens (including phenoxy) is 1. The van der Waals surface area contributed by atoms with E-state index in [-0.39, 0.29) is 36.3 Å². The summed E-state index contributed by atoms with van der Waals surface area (Å²) >= 11 is 2.01. The van der Waals surface area contributed by atoms with Gasteiger partial charge < -0.3 is 9.84 Å². The Hall–Kier alpha value is -3.61. The SMILES string of the molecule is COc1cc([C@H]2C3=CCn4c(=O)n(C)c(=O)n4[C@@H]3C[C@H]3C(=O)N(c4ccccc4)C(=O)[C@@]23C)cc(I)c1O. The van der Waals surface area contributed by atoms with E-state index in [2.05, 4.69) is 0 Å². The van der Waals surface area contributed by atoms with Gasteiger partial charge >= 0.3 is 11.4 Å². The quantitative estimate of drug-likeness (QED) is 0.271. The van der Waals surface area contributed by atoms with Crippen LogP contribution < -0.4 is 21.0 Å². The standard InChI is InChI=1S/C27H25IN4O6/c1-27-17(23(34)31(24(27)35)15-7-5-4-6-8-15)13-19-16(9-10-30-25(36)29(2)26(37)32(19)30)21(27)14-11-18(28)22(33)20(12-14)38-3/h4-9,11-12,17,19,21,33H,10,13H2,1-3H3/t17-,19+,21-,27+/m0/s1. The van der Waals surface area contributed by atoms with Gasteiger partial charge in [-0.05, 0) is 71.3 Å². The van der Waals surface area contributed by atoms with Crippen molar-refractivity contribution < 1.29 is 19.4 Å². The number of rotatable bonds is 3. The molecule has 0 unspecified atom stereocenters. The molecule has 2 aromatic carbocycles. The van der Waals surface area contributed by atoms with Crippen molar-refractivity contribution in [2.45, 2.75) is 31.8 Å². The number of phenolic OH excluding ortho intramolecular Hbond substituents is 1. The minimum Gasteiger partial charge on any atom is -0.504 e. The second-order valence-corrected chi connectivity index (χ2v) is 11.3. The average Bonchev–Trinajstić information content (AvgIpc) is 3.25. The predicted octanol–water partition coefficient (Wildman–Crippen LogP) is 2.53. The lowest BCUT2D eigenvalue weighted by Crippen LogP contribution is -2.49. The van der Waals surface area contributed by atoms with E-state index in [4.69, 9.17) is 4.74 Å². The van der Waals surface area contributed by atoms with E-state index >= 15 is 0 Å². The number of hydrogen-bond acceptors (Lipinski definition) is 6. The minimum atomic E-state index is -1.18. The molecule has 196 valence electrons. The molecule has 0 bridgehead atoms. The number of methoxy groups -OCH3 is 1. The number of allylic oxidation sites excluding steroid dienone is 2. The summed E-state index contributed by atoms with van der Waals surface area (Å²) < 4.78 is 9.83. The number of fused-ring (bicyclic) bond motifs is 4. The molecule has 1 saturated heterocycles. The Morgan fingerprint density at radius 3 is 2.47 bits per heavy atom. The van der Waals surface area contributed by atoms with Crippen LogP contribution in [-0.2, 0) is 23.2 Å². The van der Waals surface area contributed by atoms with Crippen LogP contribution in [0.15, 0.2) is 63.7 Å². The lowest BCUT2D eigenvalue weighted by atomic mass is 9.56. The molecule has 4 atom stereocenters. The molecule has 3 aliphatic rings. The number of amides is 2. The summed E-state index contributed by atoms with van der Waals surface area (Å²) in [4.78, 5) is 55.5. The van der Waals surface area contributed by atoms with Gasteiger partial charge in [0.15, 0.2) is 11.5 Å². The van der Waals surface area contributed by atoms with Gasteiger partial charge in [-0.1, -0.05) is 24.3 Å². The van der Waals surface area contributed by atoms with Crippen molar-refractivity contribution in [2.24, 2.45) is 18.4 Å². The molecule has 2 aliphatic heterocycles. The van der Waals surface area contributed by atoms with E-state index in [1.54, 1.807) is 36.4 Å². The van der Waals surface area contributed by atoms with Gasteiger partial charge in [-0.2, -0.15) is 0 Å². The van der Waals surface area contributed by atoms with Crippen LogP contribution in [0.2, 0.25) is 0 Å². The third kappa shape index (κ3) is 3.10. The van der Waals surface area contributed by atoms with Gasteiger partial charge in [0.2, 0.25) is 11.8 Å². The van der Waals surface area contributed by atoms with Crippen molar-refractivity contribution in [3.63, 3.8) is 0 Å². The summed E-state index contributed by atoms with van der Waals surface area (Å²) in [7, 11) is 2.88. The van der Waals surface area contributed by atoms with Gasteiger partial charge in [0, 0.05) is 13.0 Å². The molecule has 3 heterocycles. The molecule has 2 fully saturated rings. The number of phenols is 1. The van der Waals surface area contributed by atoms with Crippen LogP contribution in [0.25, 0.3) is 0 Å². The number of carbonyl (C=O) groups is 2. The molecule has 0 spiro atoms. The van der Waals surface area contributed by atoms with Crippen LogP contribution in [0.3, 0.4) is 0 Å². The molecule has 3 aromatic rings. The fourth-order valence-electron chi connectivity index (χ4n) is 6.51. The molecule has 1 saturated carbocycles. The molecule has 1 aliphatic carbocycles. The van der Waals surface area contributed by atoms with Crippen LogP contribution in [-0.4, -0.2) is 38.0 Å². The number of aromatic nitrogens is 3. The van der Waals surface area contributed by atoms with E-state index in [1.807, 2.05) is 41.7 Å². The number of halogens is 1. The summed E-state index contributed by atoms with van der Waals surface area (Å²) in [6, 6.07) is 11.7. The van der Waals surface area contributed by atoms with E-state index in [9.17, 15) is 24.3 Å². The molecular formula is C27H25IN4O6. The first kappa shape index (κ1) is 24.7. The number of benzene rings is 2. The Balaban J connectivity index is 1.61. The molecule has 0 radical (unpaired) electrons. The van der Waals surface area contributed by atoms with Gasteiger partial charge in [-0.3, -0.25) is 9.59 Å². The van der Waals surface area contributed by atoms with E-state index < -0.39 is 34.7 Å². The van der Waals surface area contributed by atoms with E-state index in [1.165, 1.54) is 28.4 Å². The van der Waals surface area contributed by atoms with Crippen LogP contribution >= 0.6 is 22.6 Å². The summed E-state index contributed by atoms with van der Waals surface area (Å²) in [5, 5.41) is 10.5. The summed E-state index contributed by atoms with van der Waals surface area (Å²) in [5.41, 5.74) is -0.126. The highest BCUT2D eigenvalue weighted by atomic mass is 127. The molecule has 11 heteroatoms. The smallest absolute Gasteiger partial charge is 0.347 e. The second kappa shape index (κ2) is 8.45. The maximum atomic E-state index is 14.3. The third-order valence-electron chi connectivity index (χ3n) is 8.35. The van der Waals surface area contributed by atoms with Gasteiger partial charge in [-0.15, -0.1) is 0 Å². The zero-order valence-electron chi connectivity index (χ0n) is 20.9. The maximum Gasteiger partial charge on any atom is 0.347 e. The highest BCUT2D eigenvalue weighted by Crippen LogP contribution is 2.61. The monoisotopic (exact) mass is 628 g/mol. The number of para-hydroxylation sites is 1. The van der Waals surface area contributed by atoms with E-state index in [0.717, 1.165) is 10.1 Å². The highest BCUT2D eigenvalue weighted by Gasteiger charge is 2.65. The summed E-state index contributed by atoms with van der Waals surface area (Å²) in [5.74, 6) is -1.80. The van der Waals surface area contributed by atoms with Crippen molar-refractivity contribution in [2.75, 3.05) is 12.0 Å². The lowest BCUT2D eigenvalue weighted by molar-refractivity contribution is -0.129. The van der Waals surface area contributed by atoms with Crippen molar-refractivity contribution in [3.05, 3.63) is 84.2 Å². The molecule has 2 amide bonds. The van der Waals surface area contributed by atoms with Gasteiger partial charge in [0.25, 0.3) is 0 Å². The zero-order chi connectivity index (χ0) is 27.1. The van der Waals surface area contributed by atoms with Crippen LogP contribution in [0.1, 0.15) is 30.9 Å². The topological polar surface area (TPSA) is 116 Å². The number of aromatic hydroxyl groups is 1. The van der Waals surface area contributed by atoms with Crippen LogP contribution in [0.4, 0.5) is 5.69 Å². The molecule has 1 aromatic heterocycles. The second-order valence-electron chi connectivity index (χ2n) is 10.1. The van der Waals surface area contributed by atoms with Crippen molar-refractivity contribution in [1.82, 2.24) is 13.9 Å². The number of imide groups is 1. The van der Waals surface area contributed by atoms with Crippen molar-refractivity contribution in [1.29, 1.82) is 0 Å². The summed E-state index contributed by atoms with van der Waals surface area (Å²) in [6.07, 6.45) is 2.09. The molecule has 6 rings (SSSR count). The Bertz CT molecular complexity index is 1670. The first-order valence-corrected chi connectivity index (χ1v) is 13.3. The maximum absolute atomic E-state index is 14.3. The normalized spacial score (nSPS) is 26.1. The van der Waals surface area contributed by atoms with E-state index in [0.29, 0.717) is 14.8 Å². The van der Waals surface area contributed by atoms with Crippen molar-refractivity contribution in [3.8, 4) is 11.5 Å². The first-order valence-electron chi connectivity index (χ1n) is 12.2. The Morgan fingerprint density at radius 1 is 1.08 bits per heavy atom. The van der Waals surface area contributed by atoms with Crippen molar-refractivity contribution >= 4 is 40.1 Å². The van der Waals surface area contributed by atoms with Crippen LogP contribution in [0, 0.1) is 14.9 Å². The lowest BCUT2D eigenvalue weighted by Gasteiger charge is -2.47. The largest absolute Gasteiger partial charge is 0.504 e. The number of anilines is 1. The van der Waals surface area contributed by atoms with Gasteiger partial charge in [0.05, 0.1) is 40.3 Å². The first-order chi connectivity index (χ1) is 18.1. The van der Waals surface area contributed by atoms with Gasteiger partial charge in [0.1, 0.15) is 0 Å². The van der Waals surface area contributed by atoms with Gasteiger partial charge in [-0.25, -0.2) is 28.4 Å². The summed E-state index contributed by atoms with van der Waals surface area (Å²) in [6.45, 7) is 1.97. The Labute approximate surface area is 230 Å². The molecular weight excluding hydrogens is 603 g/mol. The fraction of sp³-hybridized carbons (Fsp3) is 0.333. The Morgan fingerprint density at radius 2 is 1.79 bits per heavy atom. The van der Waals surface area contributed by atoms with Crippen LogP contribution in [0.5, 0.6) is 11.5 Å². The fourth-order valence-corrected chi connectivity index (χ4v) is 7.13. The third-order valence-corrected chi connectivity index (χ3v) is 9.17.